The van der Waals surface area contributed by atoms with E-state index in [2.05, 4.69) is 56.9 Å². The molecule has 5 rings (SSSR count). The maximum atomic E-state index is 5.98. The molecule has 1 aliphatic carbocycles. The van der Waals surface area contributed by atoms with Crippen LogP contribution in [0.3, 0.4) is 0 Å². The fourth-order valence-electron chi connectivity index (χ4n) is 4.33. The van der Waals surface area contributed by atoms with Crippen molar-refractivity contribution in [2.75, 3.05) is 0 Å². The quantitative estimate of drug-likeness (QED) is 0.553. The zero-order valence-electron chi connectivity index (χ0n) is 16.8. The van der Waals surface area contributed by atoms with E-state index in [4.69, 9.17) is 4.74 Å². The van der Waals surface area contributed by atoms with Crippen molar-refractivity contribution in [2.24, 2.45) is 5.92 Å². The molecule has 4 nitrogen and oxygen atoms in total. The SMILES string of the molecule is Cc1nnc2n1-c1sc(C#CC3CCCCC3)c(Cc3ccccc3)c1COC2. The highest BCUT2D eigenvalue weighted by atomic mass is 32.1. The Morgan fingerprint density at radius 3 is 2.76 bits per heavy atom. The van der Waals surface area contributed by atoms with Crippen molar-refractivity contribution in [3.05, 3.63) is 63.5 Å². The first-order chi connectivity index (χ1) is 14.3. The van der Waals surface area contributed by atoms with E-state index in [1.807, 2.05) is 6.92 Å². The summed E-state index contributed by atoms with van der Waals surface area (Å²) in [5.41, 5.74) is 3.85. The molecule has 2 aliphatic rings. The van der Waals surface area contributed by atoms with Gasteiger partial charge in [0.1, 0.15) is 17.4 Å². The summed E-state index contributed by atoms with van der Waals surface area (Å²) in [6.07, 6.45) is 7.34. The van der Waals surface area contributed by atoms with Gasteiger partial charge in [-0.2, -0.15) is 0 Å². The second-order valence-electron chi connectivity index (χ2n) is 7.95. The van der Waals surface area contributed by atoms with Crippen LogP contribution in [0.5, 0.6) is 0 Å². The molecule has 0 amide bonds. The highest BCUT2D eigenvalue weighted by Gasteiger charge is 2.25. The van der Waals surface area contributed by atoms with Crippen LogP contribution in [0.4, 0.5) is 0 Å². The van der Waals surface area contributed by atoms with Gasteiger partial charge in [-0.15, -0.1) is 21.5 Å². The summed E-state index contributed by atoms with van der Waals surface area (Å²) in [4.78, 5) is 1.17. The topological polar surface area (TPSA) is 39.9 Å². The van der Waals surface area contributed by atoms with Crippen molar-refractivity contribution in [3.63, 3.8) is 0 Å². The van der Waals surface area contributed by atoms with Crippen LogP contribution in [0.2, 0.25) is 0 Å². The lowest BCUT2D eigenvalue weighted by molar-refractivity contribution is 0.104. The van der Waals surface area contributed by atoms with Crippen LogP contribution in [-0.4, -0.2) is 14.8 Å². The van der Waals surface area contributed by atoms with Crippen LogP contribution in [0.15, 0.2) is 30.3 Å². The number of benzene rings is 1. The lowest BCUT2D eigenvalue weighted by Crippen LogP contribution is -2.03. The number of hydrogen-bond donors (Lipinski definition) is 0. The van der Waals surface area contributed by atoms with Gasteiger partial charge in [-0.05, 0) is 37.3 Å². The van der Waals surface area contributed by atoms with Crippen molar-refractivity contribution in [1.82, 2.24) is 14.8 Å². The molecule has 2 aromatic heterocycles. The molecule has 3 heterocycles. The summed E-state index contributed by atoms with van der Waals surface area (Å²) >= 11 is 1.77. The van der Waals surface area contributed by atoms with Crippen LogP contribution in [0.1, 0.15) is 65.3 Å². The van der Waals surface area contributed by atoms with Crippen molar-refractivity contribution in [2.45, 2.75) is 58.7 Å². The average molecular weight is 404 g/mol. The van der Waals surface area contributed by atoms with Crippen molar-refractivity contribution < 1.29 is 4.74 Å². The maximum absolute atomic E-state index is 5.98. The first-order valence-electron chi connectivity index (χ1n) is 10.5. The fraction of sp³-hybridized carbons (Fsp3) is 0.417. The van der Waals surface area contributed by atoms with Crippen LogP contribution in [0.25, 0.3) is 5.00 Å². The number of hydrogen-bond acceptors (Lipinski definition) is 4. The van der Waals surface area contributed by atoms with Crippen molar-refractivity contribution >= 4 is 11.3 Å². The molecule has 1 fully saturated rings. The maximum Gasteiger partial charge on any atom is 0.164 e. The Morgan fingerprint density at radius 1 is 1.10 bits per heavy atom. The highest BCUT2D eigenvalue weighted by Crippen LogP contribution is 2.37. The third-order valence-electron chi connectivity index (χ3n) is 5.89. The number of ether oxygens (including phenoxy) is 1. The van der Waals surface area contributed by atoms with Crippen molar-refractivity contribution in [1.29, 1.82) is 0 Å². The minimum Gasteiger partial charge on any atom is -0.369 e. The molecule has 0 spiro atoms. The van der Waals surface area contributed by atoms with E-state index < -0.39 is 0 Å². The Balaban J connectivity index is 1.60. The summed E-state index contributed by atoms with van der Waals surface area (Å²) < 4.78 is 8.14. The monoisotopic (exact) mass is 403 g/mol. The number of rotatable bonds is 2. The molecule has 148 valence electrons. The van der Waals surface area contributed by atoms with E-state index in [1.165, 1.54) is 58.7 Å². The molecule has 0 atom stereocenters. The standard InChI is InChI=1S/C24H25N3OS/c1-17-25-26-23-16-28-15-21-20(14-19-10-6-3-7-11-19)22(29-24(21)27(17)23)13-12-18-8-4-2-5-9-18/h3,6-7,10-11,18H,2,4-5,8-9,14-16H2,1H3. The van der Waals surface area contributed by atoms with Gasteiger partial charge < -0.3 is 4.74 Å². The second kappa shape index (κ2) is 8.14. The van der Waals surface area contributed by atoms with Crippen LogP contribution in [0, 0.1) is 24.7 Å². The Kier molecular flexibility index (Phi) is 5.22. The molecule has 29 heavy (non-hydrogen) atoms. The molecule has 1 aromatic carbocycles. The molecule has 0 radical (unpaired) electrons. The first-order valence-corrected chi connectivity index (χ1v) is 11.3. The van der Waals surface area contributed by atoms with E-state index in [0.717, 1.165) is 18.1 Å². The average Bonchev–Trinajstić information content (AvgIpc) is 3.22. The molecule has 1 saturated carbocycles. The van der Waals surface area contributed by atoms with Crippen LogP contribution in [-0.2, 0) is 24.4 Å². The van der Waals surface area contributed by atoms with Crippen molar-refractivity contribution in [3.8, 4) is 16.8 Å². The third-order valence-corrected chi connectivity index (χ3v) is 7.06. The van der Waals surface area contributed by atoms with Gasteiger partial charge in [0.05, 0.1) is 11.5 Å². The molecule has 0 bridgehead atoms. The fourth-order valence-corrected chi connectivity index (χ4v) is 5.58. The number of aryl methyl sites for hydroxylation is 1. The Morgan fingerprint density at radius 2 is 1.93 bits per heavy atom. The lowest BCUT2D eigenvalue weighted by atomic mass is 9.90. The summed E-state index contributed by atoms with van der Waals surface area (Å²) in [5.74, 6) is 9.51. The zero-order chi connectivity index (χ0) is 19.6. The highest BCUT2D eigenvalue weighted by molar-refractivity contribution is 7.15. The summed E-state index contributed by atoms with van der Waals surface area (Å²) in [5, 5.41) is 9.78. The van der Waals surface area contributed by atoms with E-state index >= 15 is 0 Å². The third kappa shape index (κ3) is 3.75. The molecular weight excluding hydrogens is 378 g/mol. The van der Waals surface area contributed by atoms with Gasteiger partial charge in [0.15, 0.2) is 5.82 Å². The molecular formula is C24H25N3OS. The molecule has 3 aromatic rings. The molecule has 0 saturated heterocycles. The van der Waals surface area contributed by atoms with E-state index in [0.29, 0.717) is 19.1 Å². The van der Waals surface area contributed by atoms with E-state index in [1.54, 1.807) is 11.3 Å². The zero-order valence-corrected chi connectivity index (χ0v) is 17.6. The predicted octanol–water partition coefficient (Wildman–Crippen LogP) is 5.19. The number of aromatic nitrogens is 3. The molecule has 1 aliphatic heterocycles. The second-order valence-corrected chi connectivity index (χ2v) is 8.95. The predicted molar refractivity (Wildman–Crippen MR) is 115 cm³/mol. The Hall–Kier alpha value is -2.42. The molecule has 0 N–H and O–H groups in total. The van der Waals surface area contributed by atoms with Gasteiger partial charge >= 0.3 is 0 Å². The normalized spacial score (nSPS) is 16.4. The molecule has 5 heteroatoms. The van der Waals surface area contributed by atoms with E-state index in [9.17, 15) is 0 Å². The lowest BCUT2D eigenvalue weighted by Gasteiger charge is -2.15. The van der Waals surface area contributed by atoms with Gasteiger partial charge in [-0.3, -0.25) is 4.57 Å². The van der Waals surface area contributed by atoms with Gasteiger partial charge in [0.2, 0.25) is 0 Å². The van der Waals surface area contributed by atoms with Crippen LogP contribution < -0.4 is 0 Å². The number of fused-ring (bicyclic) bond motifs is 3. The summed E-state index contributed by atoms with van der Waals surface area (Å²) in [6.45, 7) is 3.10. The largest absolute Gasteiger partial charge is 0.369 e. The number of nitrogens with zero attached hydrogens (tertiary/aromatic N) is 3. The van der Waals surface area contributed by atoms with Crippen LogP contribution >= 0.6 is 11.3 Å². The van der Waals surface area contributed by atoms with Gasteiger partial charge in [-0.25, -0.2) is 0 Å². The van der Waals surface area contributed by atoms with Gasteiger partial charge in [0.25, 0.3) is 0 Å². The van der Waals surface area contributed by atoms with E-state index in [-0.39, 0.29) is 0 Å². The molecule has 0 unspecified atom stereocenters. The minimum absolute atomic E-state index is 0.496. The Bertz CT molecular complexity index is 1060. The summed E-state index contributed by atoms with van der Waals surface area (Å²) in [6, 6.07) is 10.7. The van der Waals surface area contributed by atoms with Gasteiger partial charge in [-0.1, -0.05) is 61.4 Å². The summed E-state index contributed by atoms with van der Waals surface area (Å²) in [7, 11) is 0. The smallest absolute Gasteiger partial charge is 0.164 e. The van der Waals surface area contributed by atoms with Gasteiger partial charge in [0, 0.05) is 11.5 Å². The minimum atomic E-state index is 0.496. The number of thiophene rings is 1. The first kappa shape index (κ1) is 18.6. The Labute approximate surface area is 175 Å².